The summed E-state index contributed by atoms with van der Waals surface area (Å²) in [5.74, 6) is -0.878. The highest BCUT2D eigenvalue weighted by molar-refractivity contribution is 6.16. The normalized spacial score (nSPS) is 14.9. The van der Waals surface area contributed by atoms with Crippen molar-refractivity contribution in [3.63, 3.8) is 0 Å². The van der Waals surface area contributed by atoms with Crippen LogP contribution in [0.2, 0.25) is 0 Å². The number of hydrogen-bond acceptors (Lipinski definition) is 3. The van der Waals surface area contributed by atoms with Crippen molar-refractivity contribution in [2.24, 2.45) is 0 Å². The predicted octanol–water partition coefficient (Wildman–Crippen LogP) is -0.124. The minimum atomic E-state index is -0.399. The maximum absolute atomic E-state index is 11.2. The molecule has 1 heterocycles. The summed E-state index contributed by atoms with van der Waals surface area (Å²) in [7, 11) is 0. The maximum Gasteiger partial charge on any atom is 0.254 e. The van der Waals surface area contributed by atoms with Crippen LogP contribution in [0.4, 0.5) is 0 Å². The Morgan fingerprint density at radius 1 is 1.47 bits per heavy atom. The summed E-state index contributed by atoms with van der Waals surface area (Å²) >= 11 is 0. The van der Waals surface area contributed by atoms with Gasteiger partial charge in [0.25, 0.3) is 11.8 Å². The summed E-state index contributed by atoms with van der Waals surface area (Å²) in [4.78, 5) is 33.0. The molecule has 5 nitrogen and oxygen atoms in total. The number of imide groups is 1. The Kier molecular flexibility index (Phi) is 4.03. The first-order valence-electron chi connectivity index (χ1n) is 4.96. The van der Waals surface area contributed by atoms with Crippen molar-refractivity contribution in [2.75, 3.05) is 6.54 Å². The van der Waals surface area contributed by atoms with Crippen molar-refractivity contribution < 1.29 is 14.4 Å². The molecule has 3 amide bonds. The fraction of sp³-hybridized carbons (Fsp3) is 0.500. The Hall–Kier alpha value is -1.65. The zero-order valence-corrected chi connectivity index (χ0v) is 8.63. The Morgan fingerprint density at radius 3 is 2.73 bits per heavy atom. The molecule has 0 bridgehead atoms. The van der Waals surface area contributed by atoms with Gasteiger partial charge in [0.1, 0.15) is 0 Å². The van der Waals surface area contributed by atoms with Gasteiger partial charge in [0, 0.05) is 24.6 Å². The number of nitrogens with one attached hydrogen (secondary N) is 2. The molecule has 0 spiro atoms. The SMILES string of the molecule is CCCNC(=O)CCC1=CC(=O)NC1=O. The van der Waals surface area contributed by atoms with Gasteiger partial charge in [0.2, 0.25) is 5.91 Å². The molecule has 1 rings (SSSR count). The fourth-order valence-corrected chi connectivity index (χ4v) is 1.24. The monoisotopic (exact) mass is 210 g/mol. The molecule has 2 N–H and O–H groups in total. The Bertz CT molecular complexity index is 321. The van der Waals surface area contributed by atoms with Crippen molar-refractivity contribution in [3.05, 3.63) is 11.6 Å². The summed E-state index contributed by atoms with van der Waals surface area (Å²) < 4.78 is 0. The number of carbonyl (C=O) groups is 3. The first kappa shape index (κ1) is 11.4. The first-order valence-corrected chi connectivity index (χ1v) is 4.96. The van der Waals surface area contributed by atoms with E-state index in [1.165, 1.54) is 6.08 Å². The molecule has 0 unspecified atom stereocenters. The number of amides is 3. The van der Waals surface area contributed by atoms with Gasteiger partial charge in [-0.2, -0.15) is 0 Å². The van der Waals surface area contributed by atoms with Crippen molar-refractivity contribution >= 4 is 17.7 Å². The molecule has 0 aromatic carbocycles. The van der Waals surface area contributed by atoms with E-state index >= 15 is 0 Å². The molecule has 0 aliphatic carbocycles. The largest absolute Gasteiger partial charge is 0.356 e. The molecular weight excluding hydrogens is 196 g/mol. The van der Waals surface area contributed by atoms with Crippen LogP contribution in [0, 0.1) is 0 Å². The van der Waals surface area contributed by atoms with Crippen molar-refractivity contribution in [2.45, 2.75) is 26.2 Å². The predicted molar refractivity (Wildman–Crippen MR) is 53.8 cm³/mol. The number of rotatable bonds is 5. The van der Waals surface area contributed by atoms with Gasteiger partial charge in [-0.05, 0) is 12.8 Å². The summed E-state index contributed by atoms with van der Waals surface area (Å²) in [6.45, 7) is 2.61. The van der Waals surface area contributed by atoms with Crippen LogP contribution >= 0.6 is 0 Å². The third-order valence-corrected chi connectivity index (χ3v) is 2.03. The third-order valence-electron chi connectivity index (χ3n) is 2.03. The second-order valence-corrected chi connectivity index (χ2v) is 3.34. The van der Waals surface area contributed by atoms with Gasteiger partial charge in [0.15, 0.2) is 0 Å². The Labute approximate surface area is 87.9 Å². The van der Waals surface area contributed by atoms with Crippen LogP contribution < -0.4 is 10.6 Å². The Balaban J connectivity index is 2.31. The van der Waals surface area contributed by atoms with Crippen molar-refractivity contribution in [1.29, 1.82) is 0 Å². The molecule has 1 aliphatic rings. The smallest absolute Gasteiger partial charge is 0.254 e. The van der Waals surface area contributed by atoms with Gasteiger partial charge in [-0.3, -0.25) is 19.7 Å². The molecule has 82 valence electrons. The lowest BCUT2D eigenvalue weighted by Gasteiger charge is -2.02. The molecular formula is C10H14N2O3. The summed E-state index contributed by atoms with van der Waals surface area (Å²) in [5.41, 5.74) is 0.381. The average molecular weight is 210 g/mol. The quantitative estimate of drug-likeness (QED) is 0.621. The maximum atomic E-state index is 11.2. The molecule has 15 heavy (non-hydrogen) atoms. The summed E-state index contributed by atoms with van der Waals surface area (Å²) in [5, 5.41) is 4.83. The zero-order chi connectivity index (χ0) is 11.3. The minimum absolute atomic E-state index is 0.0927. The topological polar surface area (TPSA) is 75.3 Å². The molecule has 0 aromatic heterocycles. The highest BCUT2D eigenvalue weighted by atomic mass is 16.2. The second kappa shape index (κ2) is 5.29. The molecule has 0 aromatic rings. The van der Waals surface area contributed by atoms with Gasteiger partial charge in [-0.15, -0.1) is 0 Å². The van der Waals surface area contributed by atoms with Crippen LogP contribution in [-0.2, 0) is 14.4 Å². The van der Waals surface area contributed by atoms with E-state index in [-0.39, 0.29) is 18.2 Å². The first-order chi connectivity index (χ1) is 7.13. The highest BCUT2D eigenvalue weighted by Gasteiger charge is 2.20. The average Bonchev–Trinajstić information content (AvgIpc) is 2.51. The van der Waals surface area contributed by atoms with Crippen molar-refractivity contribution in [1.82, 2.24) is 10.6 Å². The Morgan fingerprint density at radius 2 is 2.20 bits per heavy atom. The third kappa shape index (κ3) is 3.53. The fourth-order valence-electron chi connectivity index (χ4n) is 1.24. The molecule has 0 atom stereocenters. The molecule has 0 fully saturated rings. The van der Waals surface area contributed by atoms with E-state index in [1.807, 2.05) is 6.92 Å². The van der Waals surface area contributed by atoms with Gasteiger partial charge in [-0.25, -0.2) is 0 Å². The van der Waals surface area contributed by atoms with E-state index in [1.54, 1.807) is 0 Å². The van der Waals surface area contributed by atoms with E-state index in [9.17, 15) is 14.4 Å². The van der Waals surface area contributed by atoms with Gasteiger partial charge in [0.05, 0.1) is 0 Å². The minimum Gasteiger partial charge on any atom is -0.356 e. The van der Waals surface area contributed by atoms with Gasteiger partial charge in [-0.1, -0.05) is 6.92 Å². The van der Waals surface area contributed by atoms with E-state index in [2.05, 4.69) is 10.6 Å². The molecule has 0 saturated carbocycles. The van der Waals surface area contributed by atoms with Crippen LogP contribution in [0.15, 0.2) is 11.6 Å². The molecule has 1 aliphatic heterocycles. The number of hydrogen-bond donors (Lipinski definition) is 2. The van der Waals surface area contributed by atoms with Gasteiger partial charge < -0.3 is 5.32 Å². The van der Waals surface area contributed by atoms with E-state index in [4.69, 9.17) is 0 Å². The van der Waals surface area contributed by atoms with Gasteiger partial charge >= 0.3 is 0 Å². The van der Waals surface area contributed by atoms with Crippen LogP contribution in [0.1, 0.15) is 26.2 Å². The van der Waals surface area contributed by atoms with Crippen LogP contribution in [0.3, 0.4) is 0 Å². The van der Waals surface area contributed by atoms with Crippen molar-refractivity contribution in [3.8, 4) is 0 Å². The van der Waals surface area contributed by atoms with E-state index in [0.29, 0.717) is 18.5 Å². The van der Waals surface area contributed by atoms with Crippen LogP contribution in [0.5, 0.6) is 0 Å². The molecule has 5 heteroatoms. The lowest BCUT2D eigenvalue weighted by atomic mass is 10.1. The summed E-state index contributed by atoms with van der Waals surface area (Å²) in [6.07, 6.45) is 2.68. The molecule has 0 saturated heterocycles. The highest BCUT2D eigenvalue weighted by Crippen LogP contribution is 2.09. The zero-order valence-electron chi connectivity index (χ0n) is 8.63. The van der Waals surface area contributed by atoms with Crippen LogP contribution in [0.25, 0.3) is 0 Å². The van der Waals surface area contributed by atoms with Crippen LogP contribution in [-0.4, -0.2) is 24.3 Å². The van der Waals surface area contributed by atoms with E-state index < -0.39 is 5.91 Å². The van der Waals surface area contributed by atoms with E-state index in [0.717, 1.165) is 6.42 Å². The summed E-state index contributed by atoms with van der Waals surface area (Å²) in [6, 6.07) is 0. The second-order valence-electron chi connectivity index (χ2n) is 3.34. The standard InChI is InChI=1S/C10H14N2O3/c1-2-5-11-8(13)4-3-7-6-9(14)12-10(7)15/h6H,2-5H2,1H3,(H,11,13)(H,12,14,15). The lowest BCUT2D eigenvalue weighted by molar-refractivity contribution is -0.123. The molecule has 0 radical (unpaired) electrons. The lowest BCUT2D eigenvalue weighted by Crippen LogP contribution is -2.25. The number of carbonyl (C=O) groups excluding carboxylic acids is 3.